The molecule has 1 unspecified atom stereocenters. The van der Waals surface area contributed by atoms with Gasteiger partial charge in [-0.1, -0.05) is 12.1 Å². The summed E-state index contributed by atoms with van der Waals surface area (Å²) in [5.74, 6) is -0.0670. The number of ether oxygens (including phenoxy) is 1. The molecule has 0 saturated carbocycles. The first kappa shape index (κ1) is 15.1. The van der Waals surface area contributed by atoms with E-state index in [2.05, 4.69) is 0 Å². The fraction of sp³-hybridized carbons (Fsp3) is 0.600. The Morgan fingerprint density at radius 2 is 2.11 bits per heavy atom. The van der Waals surface area contributed by atoms with Crippen LogP contribution in [0.2, 0.25) is 0 Å². The van der Waals surface area contributed by atoms with E-state index in [0.29, 0.717) is 6.42 Å². The molecule has 0 aliphatic rings. The zero-order chi connectivity index (χ0) is 13.6. The molecule has 3 heteroatoms. The maximum atomic E-state index is 13.1. The molecule has 0 aliphatic heterocycles. The lowest BCUT2D eigenvalue weighted by Crippen LogP contribution is -2.24. The van der Waals surface area contributed by atoms with Crippen molar-refractivity contribution in [2.75, 3.05) is 13.7 Å². The molecule has 1 aromatic rings. The highest BCUT2D eigenvalue weighted by Crippen LogP contribution is 2.21. The molecule has 2 nitrogen and oxygen atoms in total. The number of rotatable bonds is 7. The van der Waals surface area contributed by atoms with Crippen molar-refractivity contribution in [3.05, 3.63) is 35.6 Å². The van der Waals surface area contributed by atoms with Crippen LogP contribution in [0.4, 0.5) is 4.39 Å². The molecule has 0 aromatic heterocycles. The van der Waals surface area contributed by atoms with Gasteiger partial charge in [-0.15, -0.1) is 0 Å². The minimum absolute atomic E-state index is 0.121. The van der Waals surface area contributed by atoms with E-state index in [9.17, 15) is 9.50 Å². The maximum Gasteiger partial charge on any atom is 0.123 e. The third-order valence-corrected chi connectivity index (χ3v) is 3.38. The van der Waals surface area contributed by atoms with Gasteiger partial charge in [-0.2, -0.15) is 0 Å². The van der Waals surface area contributed by atoms with Crippen LogP contribution < -0.4 is 0 Å². The van der Waals surface area contributed by atoms with E-state index in [-0.39, 0.29) is 23.9 Å². The summed E-state index contributed by atoms with van der Waals surface area (Å²) < 4.78 is 18.4. The van der Waals surface area contributed by atoms with Crippen molar-refractivity contribution >= 4 is 0 Å². The van der Waals surface area contributed by atoms with E-state index in [1.807, 2.05) is 19.9 Å². The first-order chi connectivity index (χ1) is 8.46. The second kappa shape index (κ2) is 6.86. The van der Waals surface area contributed by atoms with Crippen LogP contribution in [0.5, 0.6) is 0 Å². The van der Waals surface area contributed by atoms with Crippen LogP contribution >= 0.6 is 0 Å². The normalized spacial score (nSPS) is 13.6. The summed E-state index contributed by atoms with van der Waals surface area (Å²) in [6, 6.07) is 6.57. The van der Waals surface area contributed by atoms with Gasteiger partial charge in [0, 0.05) is 13.7 Å². The Hall–Kier alpha value is -0.930. The van der Waals surface area contributed by atoms with Crippen LogP contribution in [0.15, 0.2) is 24.3 Å². The molecule has 1 aromatic carbocycles. The molecule has 1 atom stereocenters. The van der Waals surface area contributed by atoms with Crippen molar-refractivity contribution in [2.24, 2.45) is 5.92 Å². The fourth-order valence-electron chi connectivity index (χ4n) is 1.91. The van der Waals surface area contributed by atoms with Gasteiger partial charge in [0.15, 0.2) is 0 Å². The van der Waals surface area contributed by atoms with Gasteiger partial charge in [0.2, 0.25) is 0 Å². The molecule has 18 heavy (non-hydrogen) atoms. The molecule has 0 saturated heterocycles. The topological polar surface area (TPSA) is 29.5 Å². The third kappa shape index (κ3) is 5.15. The lowest BCUT2D eigenvalue weighted by Gasteiger charge is -2.25. The van der Waals surface area contributed by atoms with Crippen LogP contribution in [0, 0.1) is 11.7 Å². The van der Waals surface area contributed by atoms with E-state index in [4.69, 9.17) is 4.74 Å². The number of methoxy groups -OCH3 is 1. The SMILES string of the molecule is COC(C)(C)CCC(CO)Cc1cccc(F)c1. The first-order valence-electron chi connectivity index (χ1n) is 6.37. The summed E-state index contributed by atoms with van der Waals surface area (Å²) >= 11 is 0. The number of hydrogen-bond acceptors (Lipinski definition) is 2. The summed E-state index contributed by atoms with van der Waals surface area (Å²) in [7, 11) is 1.69. The number of benzene rings is 1. The van der Waals surface area contributed by atoms with Crippen LogP contribution in [0.25, 0.3) is 0 Å². The average molecular weight is 254 g/mol. The summed E-state index contributed by atoms with van der Waals surface area (Å²) in [6.07, 6.45) is 2.45. The van der Waals surface area contributed by atoms with E-state index in [1.165, 1.54) is 12.1 Å². The van der Waals surface area contributed by atoms with Crippen molar-refractivity contribution in [3.63, 3.8) is 0 Å². The predicted molar refractivity (Wildman–Crippen MR) is 71.0 cm³/mol. The highest BCUT2D eigenvalue weighted by molar-refractivity contribution is 5.16. The highest BCUT2D eigenvalue weighted by Gasteiger charge is 2.19. The Labute approximate surface area is 109 Å². The van der Waals surface area contributed by atoms with E-state index in [0.717, 1.165) is 18.4 Å². The fourth-order valence-corrected chi connectivity index (χ4v) is 1.91. The summed E-state index contributed by atoms with van der Waals surface area (Å²) in [5.41, 5.74) is 0.763. The van der Waals surface area contributed by atoms with Crippen LogP contribution in [0.1, 0.15) is 32.3 Å². The number of aliphatic hydroxyl groups excluding tert-OH is 1. The Bertz CT molecular complexity index is 363. The summed E-state index contributed by atoms with van der Waals surface area (Å²) in [4.78, 5) is 0. The van der Waals surface area contributed by atoms with Crippen molar-refractivity contribution in [2.45, 2.75) is 38.7 Å². The largest absolute Gasteiger partial charge is 0.396 e. The smallest absolute Gasteiger partial charge is 0.123 e. The van der Waals surface area contributed by atoms with Crippen molar-refractivity contribution in [1.82, 2.24) is 0 Å². The Morgan fingerprint density at radius 1 is 1.39 bits per heavy atom. The quantitative estimate of drug-likeness (QED) is 0.809. The van der Waals surface area contributed by atoms with Gasteiger partial charge in [0.25, 0.3) is 0 Å². The summed E-state index contributed by atoms with van der Waals surface area (Å²) in [6.45, 7) is 4.18. The lowest BCUT2D eigenvalue weighted by molar-refractivity contribution is 0.00826. The molecule has 0 radical (unpaired) electrons. The predicted octanol–water partition coefficient (Wildman–Crippen LogP) is 3.18. The molecule has 0 fully saturated rings. The molecule has 1 rings (SSSR count). The highest BCUT2D eigenvalue weighted by atomic mass is 19.1. The van der Waals surface area contributed by atoms with Crippen LogP contribution in [-0.4, -0.2) is 24.4 Å². The minimum atomic E-state index is -0.221. The summed E-state index contributed by atoms with van der Waals surface area (Å²) in [5, 5.41) is 9.39. The Morgan fingerprint density at radius 3 is 2.67 bits per heavy atom. The minimum Gasteiger partial charge on any atom is -0.396 e. The van der Waals surface area contributed by atoms with Gasteiger partial charge in [0.1, 0.15) is 5.82 Å². The van der Waals surface area contributed by atoms with Gasteiger partial charge in [-0.25, -0.2) is 4.39 Å². The molecule has 0 spiro atoms. The third-order valence-electron chi connectivity index (χ3n) is 3.38. The number of halogens is 1. The van der Waals surface area contributed by atoms with Gasteiger partial charge >= 0.3 is 0 Å². The zero-order valence-electron chi connectivity index (χ0n) is 11.4. The number of hydrogen-bond donors (Lipinski definition) is 1. The van der Waals surface area contributed by atoms with Crippen LogP contribution in [-0.2, 0) is 11.2 Å². The Balaban J connectivity index is 2.52. The average Bonchev–Trinajstić information content (AvgIpc) is 2.34. The van der Waals surface area contributed by atoms with E-state index >= 15 is 0 Å². The molecular formula is C15H23FO2. The van der Waals surface area contributed by atoms with E-state index < -0.39 is 0 Å². The molecule has 1 N–H and O–H groups in total. The van der Waals surface area contributed by atoms with Crippen molar-refractivity contribution < 1.29 is 14.2 Å². The van der Waals surface area contributed by atoms with Crippen molar-refractivity contribution in [1.29, 1.82) is 0 Å². The molecule has 0 amide bonds. The molecule has 0 bridgehead atoms. The second-order valence-electron chi connectivity index (χ2n) is 5.39. The van der Waals surface area contributed by atoms with Gasteiger partial charge in [-0.05, 0) is 56.7 Å². The monoisotopic (exact) mass is 254 g/mol. The van der Waals surface area contributed by atoms with Crippen molar-refractivity contribution in [3.8, 4) is 0 Å². The van der Waals surface area contributed by atoms with Gasteiger partial charge in [0.05, 0.1) is 5.60 Å². The van der Waals surface area contributed by atoms with E-state index in [1.54, 1.807) is 13.2 Å². The molecule has 0 aliphatic carbocycles. The standard InChI is InChI=1S/C15H23FO2/c1-15(2,18-3)8-7-13(11-17)9-12-5-4-6-14(16)10-12/h4-6,10,13,17H,7-9,11H2,1-3H3. The maximum absolute atomic E-state index is 13.1. The lowest BCUT2D eigenvalue weighted by atomic mass is 9.91. The molecule has 102 valence electrons. The molecule has 0 heterocycles. The van der Waals surface area contributed by atoms with Gasteiger partial charge in [-0.3, -0.25) is 0 Å². The first-order valence-corrected chi connectivity index (χ1v) is 6.37. The Kier molecular flexibility index (Phi) is 5.76. The zero-order valence-corrected chi connectivity index (χ0v) is 11.4. The second-order valence-corrected chi connectivity index (χ2v) is 5.39. The molecular weight excluding hydrogens is 231 g/mol. The number of aliphatic hydroxyl groups is 1. The van der Waals surface area contributed by atoms with Crippen LogP contribution in [0.3, 0.4) is 0 Å². The van der Waals surface area contributed by atoms with Gasteiger partial charge < -0.3 is 9.84 Å².